The zero-order valence-electron chi connectivity index (χ0n) is 13.7. The molecule has 5 nitrogen and oxygen atoms in total. The molecule has 0 atom stereocenters. The van der Waals surface area contributed by atoms with Gasteiger partial charge in [-0.2, -0.15) is 5.10 Å². The summed E-state index contributed by atoms with van der Waals surface area (Å²) in [6.45, 7) is 3.79. The Morgan fingerprint density at radius 3 is 2.54 bits per heavy atom. The number of aryl methyl sites for hydroxylation is 1. The van der Waals surface area contributed by atoms with Gasteiger partial charge in [0, 0.05) is 17.3 Å². The first-order valence-electron chi connectivity index (χ1n) is 7.69. The number of nitrogen functional groups attached to an aromatic ring is 1. The van der Waals surface area contributed by atoms with Crippen LogP contribution >= 0.6 is 0 Å². The van der Waals surface area contributed by atoms with Crippen LogP contribution in [0.3, 0.4) is 0 Å². The average Bonchev–Trinajstić information content (AvgIpc) is 2.60. The normalized spacial score (nSPS) is 11.3. The van der Waals surface area contributed by atoms with Crippen LogP contribution in [0.25, 0.3) is 11.3 Å². The van der Waals surface area contributed by atoms with Gasteiger partial charge in [0.1, 0.15) is 11.6 Å². The molecule has 5 heteroatoms. The third-order valence-electron chi connectivity index (χ3n) is 3.55. The Hall–Kier alpha value is -3.21. The summed E-state index contributed by atoms with van der Waals surface area (Å²) in [4.78, 5) is 8.87. The molecule has 0 saturated carbocycles. The minimum atomic E-state index is 0.657. The van der Waals surface area contributed by atoms with Crippen molar-refractivity contribution in [2.45, 2.75) is 13.8 Å². The van der Waals surface area contributed by atoms with Crippen LogP contribution in [-0.2, 0) is 0 Å². The van der Waals surface area contributed by atoms with Crippen molar-refractivity contribution >= 4 is 17.2 Å². The molecule has 0 amide bonds. The molecular formula is C19H19N5. The molecule has 0 saturated heterocycles. The Morgan fingerprint density at radius 1 is 1.00 bits per heavy atom. The molecule has 0 aliphatic carbocycles. The lowest BCUT2D eigenvalue weighted by Gasteiger charge is -2.07. The second kappa shape index (κ2) is 6.91. The number of nitrogens with one attached hydrogen (secondary N) is 1. The summed E-state index contributed by atoms with van der Waals surface area (Å²) < 4.78 is 0. The third-order valence-corrected chi connectivity index (χ3v) is 3.55. The van der Waals surface area contributed by atoms with Crippen LogP contribution in [0.1, 0.15) is 18.3 Å². The van der Waals surface area contributed by atoms with Gasteiger partial charge in [0.25, 0.3) is 0 Å². The molecule has 1 aromatic heterocycles. The number of hydrazone groups is 1. The van der Waals surface area contributed by atoms with E-state index in [1.54, 1.807) is 0 Å². The average molecular weight is 317 g/mol. The van der Waals surface area contributed by atoms with Gasteiger partial charge < -0.3 is 5.73 Å². The summed E-state index contributed by atoms with van der Waals surface area (Å²) in [5, 5.41) is 4.40. The molecule has 3 rings (SSSR count). The number of nitrogens with zero attached hydrogens (tertiary/aromatic N) is 3. The van der Waals surface area contributed by atoms with Crippen molar-refractivity contribution in [1.29, 1.82) is 0 Å². The summed E-state index contributed by atoms with van der Waals surface area (Å²) in [6, 6.07) is 19.5. The molecule has 0 radical (unpaired) electrons. The van der Waals surface area contributed by atoms with E-state index in [2.05, 4.69) is 20.5 Å². The van der Waals surface area contributed by atoms with Crippen LogP contribution < -0.4 is 11.2 Å². The van der Waals surface area contributed by atoms with Crippen molar-refractivity contribution in [3.8, 4) is 11.3 Å². The molecule has 24 heavy (non-hydrogen) atoms. The Morgan fingerprint density at radius 2 is 1.79 bits per heavy atom. The molecule has 0 spiro atoms. The van der Waals surface area contributed by atoms with E-state index in [0.29, 0.717) is 17.3 Å². The van der Waals surface area contributed by atoms with E-state index < -0.39 is 0 Å². The van der Waals surface area contributed by atoms with E-state index in [0.717, 1.165) is 22.5 Å². The predicted octanol–water partition coefficient (Wildman–Crippen LogP) is 3.87. The van der Waals surface area contributed by atoms with Crippen LogP contribution in [0.2, 0.25) is 0 Å². The van der Waals surface area contributed by atoms with Gasteiger partial charge in [0.15, 0.2) is 0 Å². The molecule has 0 fully saturated rings. The first-order valence-corrected chi connectivity index (χ1v) is 7.69. The van der Waals surface area contributed by atoms with Gasteiger partial charge in [-0.25, -0.2) is 9.97 Å². The van der Waals surface area contributed by atoms with Crippen molar-refractivity contribution in [2.24, 2.45) is 5.10 Å². The number of benzene rings is 2. The number of nitrogens with two attached hydrogens (primary N) is 1. The Bertz CT molecular complexity index is 872. The second-order valence-corrected chi connectivity index (χ2v) is 5.49. The van der Waals surface area contributed by atoms with Crippen LogP contribution in [0.5, 0.6) is 0 Å². The monoisotopic (exact) mass is 317 g/mol. The number of hydrogen-bond acceptors (Lipinski definition) is 5. The molecule has 120 valence electrons. The Labute approximate surface area is 141 Å². The highest BCUT2D eigenvalue weighted by molar-refractivity contribution is 5.99. The third kappa shape index (κ3) is 3.76. The van der Waals surface area contributed by atoms with E-state index in [4.69, 9.17) is 5.73 Å². The molecule has 0 aliphatic heterocycles. The van der Waals surface area contributed by atoms with E-state index in [1.165, 1.54) is 0 Å². The highest BCUT2D eigenvalue weighted by Crippen LogP contribution is 2.19. The van der Waals surface area contributed by atoms with Gasteiger partial charge in [0.2, 0.25) is 0 Å². The molecule has 0 aliphatic rings. The first kappa shape index (κ1) is 15.7. The molecule has 1 heterocycles. The van der Waals surface area contributed by atoms with Crippen molar-refractivity contribution < 1.29 is 0 Å². The van der Waals surface area contributed by atoms with Crippen LogP contribution in [-0.4, -0.2) is 15.7 Å². The topological polar surface area (TPSA) is 76.2 Å². The van der Waals surface area contributed by atoms with Crippen molar-refractivity contribution in [1.82, 2.24) is 9.97 Å². The lowest BCUT2D eigenvalue weighted by atomic mass is 10.1. The van der Waals surface area contributed by atoms with E-state index >= 15 is 0 Å². The van der Waals surface area contributed by atoms with Crippen molar-refractivity contribution in [2.75, 3.05) is 11.2 Å². The SMILES string of the molecule is C/C(=N/Nc1cc(-c2ccccc2)nc(C)n1)c1cccc(N)c1. The predicted molar refractivity (Wildman–Crippen MR) is 98.9 cm³/mol. The molecular weight excluding hydrogens is 298 g/mol. The van der Waals surface area contributed by atoms with Gasteiger partial charge in [-0.05, 0) is 31.5 Å². The lowest BCUT2D eigenvalue weighted by Crippen LogP contribution is -2.03. The second-order valence-electron chi connectivity index (χ2n) is 5.49. The zero-order valence-corrected chi connectivity index (χ0v) is 13.7. The van der Waals surface area contributed by atoms with Crippen LogP contribution in [0, 0.1) is 6.92 Å². The fourth-order valence-electron chi connectivity index (χ4n) is 2.35. The Kier molecular flexibility index (Phi) is 4.52. The van der Waals surface area contributed by atoms with Crippen LogP contribution in [0.15, 0.2) is 65.8 Å². The van der Waals surface area contributed by atoms with E-state index in [-0.39, 0.29) is 0 Å². The summed E-state index contributed by atoms with van der Waals surface area (Å²) in [5.41, 5.74) is 13.2. The standard InChI is InChI=1S/C19H19N5/c1-13(16-9-6-10-17(20)11-16)23-24-19-12-18(21-14(2)22-19)15-7-4-3-5-8-15/h3-12H,20H2,1-2H3,(H,21,22,24)/b23-13-. The summed E-state index contributed by atoms with van der Waals surface area (Å²) in [7, 11) is 0. The fourth-order valence-corrected chi connectivity index (χ4v) is 2.35. The van der Waals surface area contributed by atoms with Gasteiger partial charge in [-0.3, -0.25) is 5.43 Å². The number of aromatic nitrogens is 2. The van der Waals surface area contributed by atoms with Gasteiger partial charge in [0.05, 0.1) is 11.4 Å². The zero-order chi connectivity index (χ0) is 16.9. The number of rotatable bonds is 4. The van der Waals surface area contributed by atoms with Crippen molar-refractivity contribution in [3.05, 3.63) is 72.1 Å². The lowest BCUT2D eigenvalue weighted by molar-refractivity contribution is 1.05. The largest absolute Gasteiger partial charge is 0.399 e. The molecule has 0 bridgehead atoms. The summed E-state index contributed by atoms with van der Waals surface area (Å²) in [5.74, 6) is 1.35. The fraction of sp³-hybridized carbons (Fsp3) is 0.105. The molecule has 3 N–H and O–H groups in total. The van der Waals surface area contributed by atoms with Gasteiger partial charge in [-0.1, -0.05) is 42.5 Å². The molecule has 3 aromatic rings. The minimum Gasteiger partial charge on any atom is -0.399 e. The number of anilines is 2. The molecule has 2 aromatic carbocycles. The maximum absolute atomic E-state index is 5.81. The summed E-state index contributed by atoms with van der Waals surface area (Å²) in [6.07, 6.45) is 0. The number of hydrogen-bond donors (Lipinski definition) is 2. The van der Waals surface area contributed by atoms with Crippen LogP contribution in [0.4, 0.5) is 11.5 Å². The van der Waals surface area contributed by atoms with Gasteiger partial charge in [-0.15, -0.1) is 0 Å². The van der Waals surface area contributed by atoms with Crippen molar-refractivity contribution in [3.63, 3.8) is 0 Å². The smallest absolute Gasteiger partial charge is 0.150 e. The maximum Gasteiger partial charge on any atom is 0.150 e. The molecule has 0 unspecified atom stereocenters. The highest BCUT2D eigenvalue weighted by Gasteiger charge is 2.04. The summed E-state index contributed by atoms with van der Waals surface area (Å²) >= 11 is 0. The Balaban J connectivity index is 1.85. The highest BCUT2D eigenvalue weighted by atomic mass is 15.3. The minimum absolute atomic E-state index is 0.657. The van der Waals surface area contributed by atoms with E-state index in [1.807, 2.05) is 74.5 Å². The van der Waals surface area contributed by atoms with Gasteiger partial charge >= 0.3 is 0 Å². The quantitative estimate of drug-likeness (QED) is 0.435. The maximum atomic E-state index is 5.81. The van der Waals surface area contributed by atoms with E-state index in [9.17, 15) is 0 Å². The first-order chi connectivity index (χ1) is 11.6.